The molecule has 0 saturated carbocycles. The number of benzene rings is 1. The summed E-state index contributed by atoms with van der Waals surface area (Å²) in [6.45, 7) is 8.88. The number of fused-ring (bicyclic) bond motifs is 4. The highest BCUT2D eigenvalue weighted by molar-refractivity contribution is 5.98. The SMILES string of the molecule is CCOC(=O)C1=C(C)N(C)c2nc3c(c4c2C1c1ccccc1N4)CC(C)(C)CC3. The monoisotopic (exact) mass is 403 g/mol. The minimum absolute atomic E-state index is 0.162. The molecule has 5 nitrogen and oxygen atoms in total. The molecule has 3 heterocycles. The lowest BCUT2D eigenvalue weighted by Crippen LogP contribution is -2.35. The number of anilines is 3. The number of nitrogens with one attached hydrogen (secondary N) is 1. The van der Waals surface area contributed by atoms with Crippen molar-refractivity contribution >= 4 is 23.2 Å². The fraction of sp³-hybridized carbons (Fsp3) is 0.440. The van der Waals surface area contributed by atoms with Gasteiger partial charge in [-0.25, -0.2) is 9.78 Å². The molecule has 0 spiro atoms. The fourth-order valence-corrected chi connectivity index (χ4v) is 5.24. The third-order valence-corrected chi connectivity index (χ3v) is 6.91. The Labute approximate surface area is 178 Å². The lowest BCUT2D eigenvalue weighted by atomic mass is 9.71. The zero-order valence-corrected chi connectivity index (χ0v) is 18.4. The molecule has 1 aromatic carbocycles. The van der Waals surface area contributed by atoms with E-state index in [9.17, 15) is 4.79 Å². The number of nitrogens with zero attached hydrogens (tertiary/aromatic N) is 2. The molecule has 0 fully saturated rings. The summed E-state index contributed by atoms with van der Waals surface area (Å²) in [4.78, 5) is 20.3. The third-order valence-electron chi connectivity index (χ3n) is 6.91. The molecule has 2 aliphatic heterocycles. The highest BCUT2D eigenvalue weighted by Gasteiger charge is 2.43. The number of hydrogen-bond donors (Lipinski definition) is 1. The molecule has 0 saturated heterocycles. The molecule has 1 aliphatic carbocycles. The van der Waals surface area contributed by atoms with Crippen LogP contribution < -0.4 is 10.2 Å². The summed E-state index contributed by atoms with van der Waals surface area (Å²) in [6.07, 6.45) is 3.11. The van der Waals surface area contributed by atoms with Gasteiger partial charge in [-0.15, -0.1) is 0 Å². The molecule has 0 radical (unpaired) electrons. The van der Waals surface area contributed by atoms with Crippen LogP contribution in [0.1, 0.15) is 62.4 Å². The number of esters is 1. The number of ether oxygens (including phenoxy) is 1. The average Bonchev–Trinajstić information content (AvgIpc) is 2.71. The predicted molar refractivity (Wildman–Crippen MR) is 119 cm³/mol. The van der Waals surface area contributed by atoms with Crippen LogP contribution in [0.15, 0.2) is 35.5 Å². The zero-order valence-electron chi connectivity index (χ0n) is 18.4. The van der Waals surface area contributed by atoms with E-state index in [1.165, 1.54) is 11.3 Å². The van der Waals surface area contributed by atoms with Crippen LogP contribution in [-0.2, 0) is 22.4 Å². The third kappa shape index (κ3) is 2.68. The standard InChI is InChI=1S/C25H29N3O2/c1-6-30-24(29)19-14(2)28(5)23-21-20(19)15-9-7-8-10-17(15)26-22(21)16-13-25(3,4)12-11-18(16)27-23/h7-10,20,26H,6,11-13H2,1-5H3. The largest absolute Gasteiger partial charge is 0.463 e. The Bertz CT molecular complexity index is 1100. The smallest absolute Gasteiger partial charge is 0.336 e. The van der Waals surface area contributed by atoms with Gasteiger partial charge in [0.1, 0.15) is 5.82 Å². The molecular formula is C25H29N3O2. The van der Waals surface area contributed by atoms with E-state index in [1.807, 2.05) is 33.0 Å². The summed E-state index contributed by atoms with van der Waals surface area (Å²) in [5, 5.41) is 3.73. The Morgan fingerprint density at radius 1 is 1.33 bits per heavy atom. The van der Waals surface area contributed by atoms with Crippen LogP contribution in [-0.4, -0.2) is 24.6 Å². The number of pyridine rings is 1. The number of carbonyl (C=O) groups excluding carboxylic acids is 1. The van der Waals surface area contributed by atoms with Crippen LogP contribution in [0.5, 0.6) is 0 Å². The summed E-state index contributed by atoms with van der Waals surface area (Å²) >= 11 is 0. The van der Waals surface area contributed by atoms with Gasteiger partial charge in [0.05, 0.1) is 23.8 Å². The van der Waals surface area contributed by atoms with Gasteiger partial charge in [0.15, 0.2) is 0 Å². The number of aryl methyl sites for hydroxylation is 1. The van der Waals surface area contributed by atoms with E-state index >= 15 is 0 Å². The second kappa shape index (κ2) is 6.59. The van der Waals surface area contributed by atoms with Crippen molar-refractivity contribution in [1.82, 2.24) is 4.98 Å². The van der Waals surface area contributed by atoms with Crippen LogP contribution in [0.3, 0.4) is 0 Å². The first-order valence-corrected chi connectivity index (χ1v) is 10.9. The van der Waals surface area contributed by atoms with Crippen molar-refractivity contribution in [1.29, 1.82) is 0 Å². The highest BCUT2D eigenvalue weighted by Crippen LogP contribution is 2.55. The van der Waals surface area contributed by atoms with Crippen molar-refractivity contribution in [2.24, 2.45) is 5.41 Å². The van der Waals surface area contributed by atoms with Crippen molar-refractivity contribution in [3.63, 3.8) is 0 Å². The van der Waals surface area contributed by atoms with Gasteiger partial charge < -0.3 is 15.0 Å². The minimum Gasteiger partial charge on any atom is -0.463 e. The van der Waals surface area contributed by atoms with E-state index in [2.05, 4.69) is 36.2 Å². The number of carbonyl (C=O) groups is 1. The van der Waals surface area contributed by atoms with Crippen LogP contribution in [0, 0.1) is 5.41 Å². The molecule has 1 atom stereocenters. The second-order valence-electron chi connectivity index (χ2n) is 9.41. The van der Waals surface area contributed by atoms with Crippen molar-refractivity contribution in [3.8, 4) is 0 Å². The minimum atomic E-state index is -0.238. The average molecular weight is 404 g/mol. The molecule has 1 unspecified atom stereocenters. The molecule has 30 heavy (non-hydrogen) atoms. The van der Waals surface area contributed by atoms with Gasteiger partial charge in [0.2, 0.25) is 0 Å². The number of allylic oxidation sites excluding steroid dienone is 1. The Kier molecular flexibility index (Phi) is 4.21. The lowest BCUT2D eigenvalue weighted by molar-refractivity contribution is -0.138. The highest BCUT2D eigenvalue weighted by atomic mass is 16.5. The van der Waals surface area contributed by atoms with Crippen LogP contribution in [0.25, 0.3) is 0 Å². The first-order valence-electron chi connectivity index (χ1n) is 10.9. The Morgan fingerprint density at radius 2 is 2.10 bits per heavy atom. The lowest BCUT2D eigenvalue weighted by Gasteiger charge is -2.42. The summed E-state index contributed by atoms with van der Waals surface area (Å²) in [5.74, 6) is 0.560. The maximum atomic E-state index is 13.1. The van der Waals surface area contributed by atoms with E-state index in [1.54, 1.807) is 0 Å². The first kappa shape index (κ1) is 19.2. The van der Waals surface area contributed by atoms with Gasteiger partial charge in [-0.05, 0) is 55.7 Å². The molecule has 0 amide bonds. The predicted octanol–water partition coefficient (Wildman–Crippen LogP) is 5.07. The second-order valence-corrected chi connectivity index (χ2v) is 9.41. The van der Waals surface area contributed by atoms with E-state index in [4.69, 9.17) is 9.72 Å². The number of aromatic nitrogens is 1. The van der Waals surface area contributed by atoms with Crippen LogP contribution >= 0.6 is 0 Å². The summed E-state index contributed by atoms with van der Waals surface area (Å²) in [5.41, 5.74) is 8.80. The molecule has 2 aromatic rings. The van der Waals surface area contributed by atoms with E-state index < -0.39 is 0 Å². The molecule has 5 rings (SSSR count). The molecule has 0 bridgehead atoms. The topological polar surface area (TPSA) is 54.5 Å². The molecule has 5 heteroatoms. The molecule has 156 valence electrons. The Hall–Kier alpha value is -2.82. The van der Waals surface area contributed by atoms with E-state index in [0.29, 0.717) is 6.61 Å². The quantitative estimate of drug-likeness (QED) is 0.710. The van der Waals surface area contributed by atoms with Gasteiger partial charge in [0.25, 0.3) is 0 Å². The maximum absolute atomic E-state index is 13.1. The number of rotatable bonds is 2. The maximum Gasteiger partial charge on any atom is 0.336 e. The Morgan fingerprint density at radius 3 is 2.87 bits per heavy atom. The van der Waals surface area contributed by atoms with Gasteiger partial charge in [-0.2, -0.15) is 0 Å². The number of hydrogen-bond acceptors (Lipinski definition) is 5. The molecule has 3 aliphatic rings. The van der Waals surface area contributed by atoms with E-state index in [0.717, 1.165) is 58.9 Å². The molecular weight excluding hydrogens is 374 g/mol. The fourth-order valence-electron chi connectivity index (χ4n) is 5.24. The Balaban J connectivity index is 1.81. The number of para-hydroxylation sites is 1. The summed E-state index contributed by atoms with van der Waals surface area (Å²) < 4.78 is 5.51. The zero-order chi connectivity index (χ0) is 21.2. The van der Waals surface area contributed by atoms with Crippen molar-refractivity contribution in [3.05, 3.63) is 57.9 Å². The molecule has 1 N–H and O–H groups in total. The normalized spacial score (nSPS) is 20.7. The van der Waals surface area contributed by atoms with Crippen LogP contribution in [0.4, 0.5) is 17.2 Å². The molecule has 1 aromatic heterocycles. The van der Waals surface area contributed by atoms with Gasteiger partial charge >= 0.3 is 5.97 Å². The summed E-state index contributed by atoms with van der Waals surface area (Å²) in [6, 6.07) is 8.30. The first-order chi connectivity index (χ1) is 14.3. The van der Waals surface area contributed by atoms with Gasteiger partial charge in [-0.3, -0.25) is 0 Å². The van der Waals surface area contributed by atoms with E-state index in [-0.39, 0.29) is 17.3 Å². The van der Waals surface area contributed by atoms with Crippen molar-refractivity contribution in [2.75, 3.05) is 23.9 Å². The summed E-state index contributed by atoms with van der Waals surface area (Å²) in [7, 11) is 2.01. The van der Waals surface area contributed by atoms with Crippen LogP contribution in [0.2, 0.25) is 0 Å². The van der Waals surface area contributed by atoms with Gasteiger partial charge in [0, 0.05) is 29.7 Å². The van der Waals surface area contributed by atoms with Crippen molar-refractivity contribution in [2.45, 2.75) is 52.9 Å². The van der Waals surface area contributed by atoms with Crippen molar-refractivity contribution < 1.29 is 9.53 Å². The van der Waals surface area contributed by atoms with Gasteiger partial charge in [-0.1, -0.05) is 32.0 Å².